The first-order chi connectivity index (χ1) is 7.91. The van der Waals surface area contributed by atoms with Crippen molar-refractivity contribution in [3.05, 3.63) is 27.1 Å². The van der Waals surface area contributed by atoms with Gasteiger partial charge in [0.25, 0.3) is 0 Å². The molecule has 5 nitrogen and oxygen atoms in total. The third-order valence-electron chi connectivity index (χ3n) is 1.91. The highest BCUT2D eigenvalue weighted by atomic mass is 79.9. The van der Waals surface area contributed by atoms with Crippen LogP contribution in [0.25, 0.3) is 0 Å². The van der Waals surface area contributed by atoms with Gasteiger partial charge in [-0.1, -0.05) is 6.07 Å². The Morgan fingerprint density at radius 2 is 1.88 bits per heavy atom. The van der Waals surface area contributed by atoms with Crippen LogP contribution in [0.15, 0.2) is 27.1 Å². The van der Waals surface area contributed by atoms with Crippen LogP contribution in [0, 0.1) is 0 Å². The number of nitrogens with one attached hydrogen (secondary N) is 1. The fraction of sp³-hybridized carbons (Fsp3) is 0.200. The maximum absolute atomic E-state index is 11.7. The molecule has 7 heteroatoms. The summed E-state index contributed by atoms with van der Waals surface area (Å²) in [7, 11) is 1.41. The van der Waals surface area contributed by atoms with E-state index in [-0.39, 0.29) is 6.54 Å². The number of hydrogen-bond acceptors (Lipinski definition) is 2. The number of aliphatic carboxylic acids is 1. The minimum absolute atomic E-state index is 0.353. The molecule has 92 valence electrons. The van der Waals surface area contributed by atoms with Gasteiger partial charge in [-0.15, -0.1) is 0 Å². The van der Waals surface area contributed by atoms with Crippen LogP contribution in [0.2, 0.25) is 0 Å². The van der Waals surface area contributed by atoms with E-state index in [0.29, 0.717) is 14.6 Å². The Labute approximate surface area is 115 Å². The lowest BCUT2D eigenvalue weighted by Gasteiger charge is -2.17. The topological polar surface area (TPSA) is 69.6 Å². The predicted molar refractivity (Wildman–Crippen MR) is 71.1 cm³/mol. The molecule has 17 heavy (non-hydrogen) atoms. The Bertz CT molecular complexity index is 431. The van der Waals surface area contributed by atoms with Crippen molar-refractivity contribution in [3.63, 3.8) is 0 Å². The van der Waals surface area contributed by atoms with E-state index in [1.54, 1.807) is 12.1 Å². The van der Waals surface area contributed by atoms with E-state index >= 15 is 0 Å². The maximum atomic E-state index is 11.7. The van der Waals surface area contributed by atoms with Gasteiger partial charge in [-0.3, -0.25) is 4.79 Å². The number of likely N-dealkylation sites (N-methyl/N-ethyl adjacent to an activating group) is 1. The van der Waals surface area contributed by atoms with E-state index in [9.17, 15) is 9.59 Å². The number of carbonyl (C=O) groups is 2. The summed E-state index contributed by atoms with van der Waals surface area (Å²) in [6.45, 7) is -0.353. The fourth-order valence-corrected chi connectivity index (χ4v) is 2.29. The second-order valence-electron chi connectivity index (χ2n) is 3.28. The number of carboxylic acids is 1. The summed E-state index contributed by atoms with van der Waals surface area (Å²) in [5, 5.41) is 11.2. The molecule has 0 aliphatic heterocycles. The lowest BCUT2D eigenvalue weighted by Crippen LogP contribution is -2.35. The molecule has 2 amide bonds. The lowest BCUT2D eigenvalue weighted by atomic mass is 10.3. The van der Waals surface area contributed by atoms with E-state index in [1.807, 2.05) is 6.07 Å². The first-order valence-corrected chi connectivity index (χ1v) is 6.18. The van der Waals surface area contributed by atoms with Gasteiger partial charge < -0.3 is 15.3 Å². The monoisotopic (exact) mass is 364 g/mol. The van der Waals surface area contributed by atoms with E-state index in [2.05, 4.69) is 37.2 Å². The molecule has 2 N–H and O–H groups in total. The van der Waals surface area contributed by atoms with Crippen LogP contribution in [0.1, 0.15) is 0 Å². The van der Waals surface area contributed by atoms with Crippen LogP contribution in [-0.2, 0) is 4.79 Å². The molecular weight excluding hydrogens is 356 g/mol. The highest BCUT2D eigenvalue weighted by Gasteiger charge is 2.14. The highest BCUT2D eigenvalue weighted by molar-refractivity contribution is 9.11. The fourth-order valence-electron chi connectivity index (χ4n) is 1.09. The van der Waals surface area contributed by atoms with Crippen molar-refractivity contribution in [1.29, 1.82) is 0 Å². The number of para-hydroxylation sites is 1. The van der Waals surface area contributed by atoms with Crippen LogP contribution >= 0.6 is 31.9 Å². The standard InChI is InChI=1S/C10H10Br2N2O3/c1-14(5-8(15)16)10(17)13-9-6(11)3-2-4-7(9)12/h2-4H,5H2,1H3,(H,13,17)(H,15,16). The number of rotatable bonds is 3. The summed E-state index contributed by atoms with van der Waals surface area (Å²) < 4.78 is 1.42. The van der Waals surface area contributed by atoms with Crippen molar-refractivity contribution in [1.82, 2.24) is 4.90 Å². The number of anilines is 1. The van der Waals surface area contributed by atoms with Crippen molar-refractivity contribution < 1.29 is 14.7 Å². The third kappa shape index (κ3) is 4.01. The average molecular weight is 366 g/mol. The Morgan fingerprint density at radius 1 is 1.35 bits per heavy atom. The molecule has 0 heterocycles. The summed E-state index contributed by atoms with van der Waals surface area (Å²) in [4.78, 5) is 23.2. The summed E-state index contributed by atoms with van der Waals surface area (Å²) >= 11 is 6.59. The average Bonchev–Trinajstić information content (AvgIpc) is 2.22. The molecule has 0 spiro atoms. The Balaban J connectivity index is 2.78. The molecule has 0 bridgehead atoms. The number of benzene rings is 1. The Hall–Kier alpha value is -1.08. The molecule has 0 aromatic heterocycles. The van der Waals surface area contributed by atoms with Crippen molar-refractivity contribution in [3.8, 4) is 0 Å². The van der Waals surface area contributed by atoms with Gasteiger partial charge in [-0.05, 0) is 44.0 Å². The molecule has 0 aliphatic carbocycles. The van der Waals surface area contributed by atoms with Crippen molar-refractivity contribution in [2.45, 2.75) is 0 Å². The van der Waals surface area contributed by atoms with Gasteiger partial charge in [-0.2, -0.15) is 0 Å². The first kappa shape index (κ1) is 14.0. The molecular formula is C10H10Br2N2O3. The number of nitrogens with zero attached hydrogens (tertiary/aromatic N) is 1. The number of urea groups is 1. The molecule has 1 aromatic carbocycles. The minimum atomic E-state index is -1.06. The first-order valence-electron chi connectivity index (χ1n) is 4.59. The van der Waals surface area contributed by atoms with Crippen molar-refractivity contribution in [2.24, 2.45) is 0 Å². The number of halogens is 2. The quantitative estimate of drug-likeness (QED) is 0.865. The van der Waals surface area contributed by atoms with E-state index in [1.165, 1.54) is 7.05 Å². The molecule has 0 radical (unpaired) electrons. The second-order valence-corrected chi connectivity index (χ2v) is 4.99. The van der Waals surface area contributed by atoms with Gasteiger partial charge in [0.1, 0.15) is 6.54 Å². The van der Waals surface area contributed by atoms with Gasteiger partial charge in [0, 0.05) is 16.0 Å². The zero-order valence-electron chi connectivity index (χ0n) is 8.91. The van der Waals surface area contributed by atoms with Gasteiger partial charge in [-0.25, -0.2) is 4.79 Å². The van der Waals surface area contributed by atoms with Crippen LogP contribution in [0.3, 0.4) is 0 Å². The Morgan fingerprint density at radius 3 is 2.35 bits per heavy atom. The van der Waals surface area contributed by atoms with Crippen LogP contribution < -0.4 is 5.32 Å². The maximum Gasteiger partial charge on any atom is 0.323 e. The molecule has 1 rings (SSSR count). The normalized spacial score (nSPS) is 9.82. The van der Waals surface area contributed by atoms with Crippen LogP contribution in [0.5, 0.6) is 0 Å². The third-order valence-corrected chi connectivity index (χ3v) is 3.24. The number of carboxylic acid groups (broad SMARTS) is 1. The SMILES string of the molecule is CN(CC(=O)O)C(=O)Nc1c(Br)cccc1Br. The summed E-state index contributed by atoms with van der Waals surface area (Å²) in [5.74, 6) is -1.06. The zero-order chi connectivity index (χ0) is 13.0. The number of amides is 2. The highest BCUT2D eigenvalue weighted by Crippen LogP contribution is 2.30. The molecule has 0 unspecified atom stereocenters. The number of hydrogen-bond donors (Lipinski definition) is 2. The molecule has 0 saturated heterocycles. The van der Waals surface area contributed by atoms with E-state index < -0.39 is 12.0 Å². The van der Waals surface area contributed by atoms with Crippen LogP contribution in [0.4, 0.5) is 10.5 Å². The summed E-state index contributed by atoms with van der Waals surface area (Å²) in [6, 6.07) is 4.87. The lowest BCUT2D eigenvalue weighted by molar-refractivity contribution is -0.137. The van der Waals surface area contributed by atoms with Gasteiger partial charge in [0.2, 0.25) is 0 Å². The summed E-state index contributed by atoms with van der Waals surface area (Å²) in [6.07, 6.45) is 0. The van der Waals surface area contributed by atoms with E-state index in [4.69, 9.17) is 5.11 Å². The molecule has 0 atom stereocenters. The van der Waals surface area contributed by atoms with Crippen molar-refractivity contribution in [2.75, 3.05) is 18.9 Å². The molecule has 0 saturated carbocycles. The van der Waals surface area contributed by atoms with Gasteiger partial charge >= 0.3 is 12.0 Å². The summed E-state index contributed by atoms with van der Waals surface area (Å²) in [5.41, 5.74) is 0.565. The minimum Gasteiger partial charge on any atom is -0.480 e. The second kappa shape index (κ2) is 6.02. The molecule has 1 aromatic rings. The smallest absolute Gasteiger partial charge is 0.323 e. The molecule has 0 fully saturated rings. The van der Waals surface area contributed by atoms with E-state index in [0.717, 1.165) is 4.90 Å². The van der Waals surface area contributed by atoms with Crippen LogP contribution in [-0.4, -0.2) is 35.6 Å². The number of carbonyl (C=O) groups excluding carboxylic acids is 1. The largest absolute Gasteiger partial charge is 0.480 e. The van der Waals surface area contributed by atoms with Crippen molar-refractivity contribution >= 4 is 49.5 Å². The van der Waals surface area contributed by atoms with Gasteiger partial charge in [0.05, 0.1) is 5.69 Å². The predicted octanol–water partition coefficient (Wildman–Crippen LogP) is 2.76. The Kier molecular flexibility index (Phi) is 4.95. The molecule has 0 aliphatic rings. The zero-order valence-corrected chi connectivity index (χ0v) is 12.1. The van der Waals surface area contributed by atoms with Gasteiger partial charge in [0.15, 0.2) is 0 Å².